The van der Waals surface area contributed by atoms with Gasteiger partial charge in [-0.05, 0) is 31.0 Å². The number of hydrogen-bond acceptors (Lipinski definition) is 3. The van der Waals surface area contributed by atoms with Crippen LogP contribution in [0.4, 0.5) is 0 Å². The third-order valence-corrected chi connectivity index (χ3v) is 4.91. The van der Waals surface area contributed by atoms with Crippen LogP contribution in [0.25, 0.3) is 0 Å². The summed E-state index contributed by atoms with van der Waals surface area (Å²) < 4.78 is 0. The SMILES string of the molecule is CC(CN)(Cc1ccc(Cl)cc1)N1CCSCC1. The smallest absolute Gasteiger partial charge is 0.0406 e. The zero-order valence-corrected chi connectivity index (χ0v) is 12.4. The molecule has 0 radical (unpaired) electrons. The summed E-state index contributed by atoms with van der Waals surface area (Å²) in [6.07, 6.45) is 0.991. The summed E-state index contributed by atoms with van der Waals surface area (Å²) in [5.41, 5.74) is 7.42. The molecule has 2 nitrogen and oxygen atoms in total. The van der Waals surface area contributed by atoms with E-state index in [1.807, 2.05) is 23.9 Å². The van der Waals surface area contributed by atoms with Gasteiger partial charge in [-0.25, -0.2) is 0 Å². The molecule has 18 heavy (non-hydrogen) atoms. The second-order valence-corrected chi connectivity index (χ2v) is 6.76. The molecule has 0 bridgehead atoms. The standard InChI is InChI=1S/C14H21ClN2S/c1-14(11-16,17-6-8-18-9-7-17)10-12-2-4-13(15)5-3-12/h2-5H,6-11,16H2,1H3. The molecule has 1 atom stereocenters. The number of benzene rings is 1. The van der Waals surface area contributed by atoms with Gasteiger partial charge in [0.15, 0.2) is 0 Å². The van der Waals surface area contributed by atoms with Gasteiger partial charge in [-0.2, -0.15) is 11.8 Å². The summed E-state index contributed by atoms with van der Waals surface area (Å²) >= 11 is 7.96. The first-order chi connectivity index (χ1) is 8.64. The fourth-order valence-corrected chi connectivity index (χ4v) is 3.49. The van der Waals surface area contributed by atoms with Crippen molar-refractivity contribution in [3.63, 3.8) is 0 Å². The van der Waals surface area contributed by atoms with Gasteiger partial charge >= 0.3 is 0 Å². The van der Waals surface area contributed by atoms with Crippen molar-refractivity contribution >= 4 is 23.4 Å². The first-order valence-corrected chi connectivity index (χ1v) is 7.95. The molecule has 0 spiro atoms. The van der Waals surface area contributed by atoms with Gasteiger partial charge in [0.2, 0.25) is 0 Å². The van der Waals surface area contributed by atoms with Gasteiger partial charge in [-0.1, -0.05) is 23.7 Å². The maximum Gasteiger partial charge on any atom is 0.0406 e. The molecule has 1 aromatic carbocycles. The van der Waals surface area contributed by atoms with Crippen LogP contribution in [0.2, 0.25) is 5.02 Å². The molecule has 2 N–H and O–H groups in total. The van der Waals surface area contributed by atoms with E-state index in [9.17, 15) is 0 Å². The minimum absolute atomic E-state index is 0.0643. The Morgan fingerprint density at radius 2 is 1.89 bits per heavy atom. The van der Waals surface area contributed by atoms with Gasteiger partial charge in [0.05, 0.1) is 0 Å². The average molecular weight is 285 g/mol. The van der Waals surface area contributed by atoms with Gasteiger partial charge in [0.1, 0.15) is 0 Å². The van der Waals surface area contributed by atoms with Crippen LogP contribution in [0.3, 0.4) is 0 Å². The highest BCUT2D eigenvalue weighted by molar-refractivity contribution is 7.99. The lowest BCUT2D eigenvalue weighted by Crippen LogP contribution is -2.55. The van der Waals surface area contributed by atoms with Crippen LogP contribution in [0, 0.1) is 0 Å². The summed E-state index contributed by atoms with van der Waals surface area (Å²) in [7, 11) is 0. The Hall–Kier alpha value is -0.220. The monoisotopic (exact) mass is 284 g/mol. The maximum atomic E-state index is 6.04. The molecular weight excluding hydrogens is 264 g/mol. The molecule has 0 aromatic heterocycles. The molecule has 1 aliphatic heterocycles. The lowest BCUT2D eigenvalue weighted by atomic mass is 9.90. The molecule has 1 heterocycles. The number of nitrogens with zero attached hydrogens (tertiary/aromatic N) is 1. The molecule has 100 valence electrons. The lowest BCUT2D eigenvalue weighted by molar-refractivity contribution is 0.123. The van der Waals surface area contributed by atoms with E-state index in [1.54, 1.807) is 0 Å². The molecule has 1 unspecified atom stereocenters. The number of thioether (sulfide) groups is 1. The topological polar surface area (TPSA) is 29.3 Å². The molecule has 1 aromatic rings. The second-order valence-electron chi connectivity index (χ2n) is 5.10. The van der Waals surface area contributed by atoms with Crippen LogP contribution < -0.4 is 5.73 Å². The van der Waals surface area contributed by atoms with Crippen molar-refractivity contribution in [2.45, 2.75) is 18.9 Å². The van der Waals surface area contributed by atoms with Crippen molar-refractivity contribution < 1.29 is 0 Å². The molecule has 0 amide bonds. The van der Waals surface area contributed by atoms with Crippen LogP contribution in [0.1, 0.15) is 12.5 Å². The van der Waals surface area contributed by atoms with Crippen molar-refractivity contribution in [1.82, 2.24) is 4.90 Å². The predicted octanol–water partition coefficient (Wildman–Crippen LogP) is 2.65. The van der Waals surface area contributed by atoms with Gasteiger partial charge in [0, 0.05) is 41.7 Å². The molecule has 4 heteroatoms. The third kappa shape index (κ3) is 3.41. The Kier molecular flexibility index (Phi) is 4.96. The first-order valence-electron chi connectivity index (χ1n) is 6.41. The van der Waals surface area contributed by atoms with Gasteiger partial charge < -0.3 is 5.73 Å². The van der Waals surface area contributed by atoms with Crippen molar-refractivity contribution in [3.05, 3.63) is 34.9 Å². The predicted molar refractivity (Wildman–Crippen MR) is 81.5 cm³/mol. The second kappa shape index (κ2) is 6.29. The molecule has 0 aliphatic carbocycles. The van der Waals surface area contributed by atoms with E-state index in [0.29, 0.717) is 6.54 Å². The lowest BCUT2D eigenvalue weighted by Gasteiger charge is -2.43. The highest BCUT2D eigenvalue weighted by atomic mass is 35.5. The molecular formula is C14H21ClN2S. The van der Waals surface area contributed by atoms with Crippen LogP contribution in [-0.4, -0.2) is 41.6 Å². The summed E-state index contributed by atoms with van der Waals surface area (Å²) in [6, 6.07) is 8.13. The minimum Gasteiger partial charge on any atom is -0.329 e. The first kappa shape index (κ1) is 14.2. The molecule has 1 aliphatic rings. The molecule has 1 fully saturated rings. The Bertz CT molecular complexity index is 376. The van der Waals surface area contributed by atoms with E-state index in [0.717, 1.165) is 24.5 Å². The summed E-state index contributed by atoms with van der Waals surface area (Å²) in [5.74, 6) is 2.44. The fourth-order valence-electron chi connectivity index (χ4n) is 2.46. The van der Waals surface area contributed by atoms with E-state index in [4.69, 9.17) is 17.3 Å². The van der Waals surface area contributed by atoms with Crippen LogP contribution in [0.5, 0.6) is 0 Å². The highest BCUT2D eigenvalue weighted by Crippen LogP contribution is 2.24. The third-order valence-electron chi connectivity index (χ3n) is 3.71. The van der Waals surface area contributed by atoms with Crippen LogP contribution >= 0.6 is 23.4 Å². The summed E-state index contributed by atoms with van der Waals surface area (Å²) in [6.45, 7) is 5.26. The van der Waals surface area contributed by atoms with Gasteiger partial charge in [-0.3, -0.25) is 4.90 Å². The summed E-state index contributed by atoms with van der Waals surface area (Å²) in [5, 5.41) is 0.794. The zero-order valence-electron chi connectivity index (χ0n) is 10.9. The average Bonchev–Trinajstić information content (AvgIpc) is 2.42. The van der Waals surface area contributed by atoms with E-state index in [1.165, 1.54) is 17.1 Å². The van der Waals surface area contributed by atoms with E-state index in [2.05, 4.69) is 24.0 Å². The van der Waals surface area contributed by atoms with Crippen LogP contribution in [-0.2, 0) is 6.42 Å². The van der Waals surface area contributed by atoms with Gasteiger partial charge in [-0.15, -0.1) is 0 Å². The number of hydrogen-bond donors (Lipinski definition) is 1. The normalized spacial score (nSPS) is 20.6. The number of rotatable bonds is 4. The molecule has 0 saturated carbocycles. The zero-order chi connectivity index (χ0) is 13.0. The summed E-state index contributed by atoms with van der Waals surface area (Å²) in [4.78, 5) is 2.54. The van der Waals surface area contributed by atoms with Crippen molar-refractivity contribution in [1.29, 1.82) is 0 Å². The Morgan fingerprint density at radius 1 is 1.28 bits per heavy atom. The Morgan fingerprint density at radius 3 is 2.44 bits per heavy atom. The maximum absolute atomic E-state index is 6.04. The Balaban J connectivity index is 2.08. The fraction of sp³-hybridized carbons (Fsp3) is 0.571. The minimum atomic E-state index is 0.0643. The van der Waals surface area contributed by atoms with Crippen molar-refractivity contribution in [2.75, 3.05) is 31.1 Å². The quantitative estimate of drug-likeness (QED) is 0.922. The highest BCUT2D eigenvalue weighted by Gasteiger charge is 2.31. The molecule has 1 saturated heterocycles. The van der Waals surface area contributed by atoms with Crippen LogP contribution in [0.15, 0.2) is 24.3 Å². The van der Waals surface area contributed by atoms with Crippen molar-refractivity contribution in [2.24, 2.45) is 5.73 Å². The van der Waals surface area contributed by atoms with E-state index < -0.39 is 0 Å². The number of nitrogens with two attached hydrogens (primary N) is 1. The molecule has 2 rings (SSSR count). The Labute approximate surface area is 119 Å². The largest absolute Gasteiger partial charge is 0.329 e. The van der Waals surface area contributed by atoms with E-state index in [-0.39, 0.29) is 5.54 Å². The number of halogens is 1. The van der Waals surface area contributed by atoms with Crippen molar-refractivity contribution in [3.8, 4) is 0 Å². The van der Waals surface area contributed by atoms with Gasteiger partial charge in [0.25, 0.3) is 0 Å². The van der Waals surface area contributed by atoms with E-state index >= 15 is 0 Å².